The number of rotatable bonds is 3. The molecule has 2 amide bonds. The maximum atomic E-state index is 13.5. The second-order valence-corrected chi connectivity index (χ2v) is 8.76. The van der Waals surface area contributed by atoms with Crippen LogP contribution in [0.5, 0.6) is 0 Å². The fourth-order valence-corrected chi connectivity index (χ4v) is 5.01. The van der Waals surface area contributed by atoms with Gasteiger partial charge in [-0.25, -0.2) is 4.90 Å². The quantitative estimate of drug-likeness (QED) is 0.449. The van der Waals surface area contributed by atoms with Crippen molar-refractivity contribution in [3.8, 4) is 0 Å². The molecule has 2 aromatic carbocycles. The molecule has 5 nitrogen and oxygen atoms in total. The average Bonchev–Trinajstić information content (AvgIpc) is 3.26. The number of aryl methyl sites for hydroxylation is 1. The number of thiophene rings is 1. The first-order valence-electron chi connectivity index (χ1n) is 10.3. The smallest absolute Gasteiger partial charge is 0.266 e. The van der Waals surface area contributed by atoms with E-state index in [9.17, 15) is 9.59 Å². The minimum Gasteiger partial charge on any atom is -0.378 e. The molecule has 5 rings (SSSR count). The van der Waals surface area contributed by atoms with Crippen molar-refractivity contribution in [2.45, 2.75) is 6.92 Å². The van der Waals surface area contributed by atoms with E-state index in [0.29, 0.717) is 22.4 Å². The van der Waals surface area contributed by atoms with E-state index in [2.05, 4.69) is 11.0 Å². The third kappa shape index (κ3) is 3.69. The molecule has 0 unspecified atom stereocenters. The minimum absolute atomic E-state index is 0.288. The second kappa shape index (κ2) is 8.13. The van der Waals surface area contributed by atoms with E-state index in [4.69, 9.17) is 4.74 Å². The highest BCUT2D eigenvalue weighted by molar-refractivity contribution is 7.17. The van der Waals surface area contributed by atoms with Crippen LogP contribution in [0.4, 0.5) is 10.7 Å². The van der Waals surface area contributed by atoms with Crippen LogP contribution in [-0.4, -0.2) is 38.1 Å². The van der Waals surface area contributed by atoms with Crippen molar-refractivity contribution in [1.82, 2.24) is 0 Å². The molecule has 0 radical (unpaired) electrons. The standard InChI is InChI=1S/C25H22N2O3S/c1-17-5-4-6-18(15-17)27-24(28)21-8-3-2-7-20(21)22(25(27)29)16-19-9-10-23(31-19)26-11-13-30-14-12-26/h2-10,15-16H,11-14H2,1H3/b22-16+. The summed E-state index contributed by atoms with van der Waals surface area (Å²) in [4.78, 5) is 31.3. The first-order valence-corrected chi connectivity index (χ1v) is 11.1. The van der Waals surface area contributed by atoms with E-state index in [1.165, 1.54) is 9.90 Å². The molecule has 31 heavy (non-hydrogen) atoms. The molecule has 6 heteroatoms. The molecule has 2 aliphatic heterocycles. The molecule has 0 aliphatic carbocycles. The predicted molar refractivity (Wildman–Crippen MR) is 125 cm³/mol. The lowest BCUT2D eigenvalue weighted by Crippen LogP contribution is -2.41. The molecule has 1 fully saturated rings. The molecule has 0 bridgehead atoms. The number of imide groups is 1. The van der Waals surface area contributed by atoms with Crippen LogP contribution >= 0.6 is 11.3 Å². The van der Waals surface area contributed by atoms with Crippen LogP contribution in [0.25, 0.3) is 11.6 Å². The third-order valence-corrected chi connectivity index (χ3v) is 6.66. The summed E-state index contributed by atoms with van der Waals surface area (Å²) in [5.41, 5.74) is 3.35. The maximum Gasteiger partial charge on any atom is 0.266 e. The summed E-state index contributed by atoms with van der Waals surface area (Å²) >= 11 is 1.65. The Bertz CT molecular complexity index is 1190. The largest absolute Gasteiger partial charge is 0.378 e. The summed E-state index contributed by atoms with van der Waals surface area (Å²) < 4.78 is 5.44. The fourth-order valence-electron chi connectivity index (χ4n) is 4.01. The molecule has 3 heterocycles. The van der Waals surface area contributed by atoms with Crippen molar-refractivity contribution in [3.05, 3.63) is 82.2 Å². The molecule has 156 valence electrons. The zero-order valence-electron chi connectivity index (χ0n) is 17.2. The zero-order chi connectivity index (χ0) is 21.4. The molecule has 0 atom stereocenters. The topological polar surface area (TPSA) is 49.9 Å². The minimum atomic E-state index is -0.296. The number of carbonyl (C=O) groups excluding carboxylic acids is 2. The number of fused-ring (bicyclic) bond motifs is 1. The molecule has 1 saturated heterocycles. The van der Waals surface area contributed by atoms with Crippen molar-refractivity contribution >= 4 is 45.5 Å². The van der Waals surface area contributed by atoms with Gasteiger partial charge in [0.25, 0.3) is 11.8 Å². The number of anilines is 2. The number of hydrogen-bond acceptors (Lipinski definition) is 5. The van der Waals surface area contributed by atoms with Crippen LogP contribution in [0.1, 0.15) is 26.4 Å². The summed E-state index contributed by atoms with van der Waals surface area (Å²) in [6.07, 6.45) is 1.91. The van der Waals surface area contributed by atoms with Crippen LogP contribution in [0.2, 0.25) is 0 Å². The lowest BCUT2D eigenvalue weighted by molar-refractivity contribution is -0.112. The Kier molecular flexibility index (Phi) is 5.18. The number of ether oxygens (including phenoxy) is 1. The van der Waals surface area contributed by atoms with Gasteiger partial charge in [0.2, 0.25) is 0 Å². The summed E-state index contributed by atoms with van der Waals surface area (Å²) in [6.45, 7) is 5.15. The van der Waals surface area contributed by atoms with E-state index in [1.54, 1.807) is 23.5 Å². The zero-order valence-corrected chi connectivity index (χ0v) is 18.0. The maximum absolute atomic E-state index is 13.5. The van der Waals surface area contributed by atoms with Crippen LogP contribution in [0.15, 0.2) is 60.7 Å². The van der Waals surface area contributed by atoms with E-state index >= 15 is 0 Å². The third-order valence-electron chi connectivity index (χ3n) is 5.57. The highest BCUT2D eigenvalue weighted by atomic mass is 32.1. The number of hydrogen-bond donors (Lipinski definition) is 0. The van der Waals surface area contributed by atoms with Gasteiger partial charge in [-0.3, -0.25) is 9.59 Å². The van der Waals surface area contributed by atoms with E-state index in [0.717, 1.165) is 36.7 Å². The lowest BCUT2D eigenvalue weighted by Gasteiger charge is -2.29. The Hall–Kier alpha value is -3.22. The number of amides is 2. The van der Waals surface area contributed by atoms with Crippen molar-refractivity contribution in [2.24, 2.45) is 0 Å². The number of benzene rings is 2. The van der Waals surface area contributed by atoms with Gasteiger partial charge in [-0.2, -0.15) is 0 Å². The molecule has 3 aromatic rings. The molecular formula is C25H22N2O3S. The van der Waals surface area contributed by atoms with Gasteiger partial charge >= 0.3 is 0 Å². The summed E-state index contributed by atoms with van der Waals surface area (Å²) in [6, 6.07) is 18.9. The van der Waals surface area contributed by atoms with Gasteiger partial charge in [-0.05, 0) is 48.9 Å². The monoisotopic (exact) mass is 430 g/mol. The number of nitrogens with zero attached hydrogens (tertiary/aromatic N) is 2. The molecule has 0 spiro atoms. The Balaban J connectivity index is 1.57. The highest BCUT2D eigenvalue weighted by Gasteiger charge is 2.35. The normalized spacial score (nSPS) is 17.9. The van der Waals surface area contributed by atoms with Crippen molar-refractivity contribution in [3.63, 3.8) is 0 Å². The van der Waals surface area contributed by atoms with Gasteiger partial charge in [0.15, 0.2) is 0 Å². The van der Waals surface area contributed by atoms with Gasteiger partial charge < -0.3 is 9.64 Å². The van der Waals surface area contributed by atoms with Gasteiger partial charge in [-0.1, -0.05) is 30.3 Å². The van der Waals surface area contributed by atoms with Crippen LogP contribution in [-0.2, 0) is 9.53 Å². The van der Waals surface area contributed by atoms with Crippen molar-refractivity contribution in [2.75, 3.05) is 36.1 Å². The second-order valence-electron chi connectivity index (χ2n) is 7.66. The van der Waals surface area contributed by atoms with E-state index in [1.807, 2.05) is 55.5 Å². The Morgan fingerprint density at radius 1 is 0.903 bits per heavy atom. The van der Waals surface area contributed by atoms with E-state index in [-0.39, 0.29) is 11.8 Å². The van der Waals surface area contributed by atoms with Gasteiger partial charge in [-0.15, -0.1) is 11.3 Å². The van der Waals surface area contributed by atoms with Gasteiger partial charge in [0.1, 0.15) is 0 Å². The molecule has 0 N–H and O–H groups in total. The fraction of sp³-hybridized carbons (Fsp3) is 0.200. The first-order chi connectivity index (χ1) is 15.1. The van der Waals surface area contributed by atoms with Crippen molar-refractivity contribution in [1.29, 1.82) is 0 Å². The Morgan fingerprint density at radius 2 is 1.68 bits per heavy atom. The number of morpholine rings is 1. The van der Waals surface area contributed by atoms with Crippen LogP contribution in [0, 0.1) is 6.92 Å². The number of carbonyl (C=O) groups is 2. The molecule has 0 saturated carbocycles. The summed E-state index contributed by atoms with van der Waals surface area (Å²) in [5.74, 6) is -0.584. The average molecular weight is 431 g/mol. The van der Waals surface area contributed by atoms with Crippen LogP contribution in [0.3, 0.4) is 0 Å². The summed E-state index contributed by atoms with van der Waals surface area (Å²) in [7, 11) is 0. The van der Waals surface area contributed by atoms with Gasteiger partial charge in [0, 0.05) is 34.7 Å². The Labute approximate surface area is 185 Å². The van der Waals surface area contributed by atoms with Gasteiger partial charge in [0.05, 0.1) is 23.9 Å². The SMILES string of the molecule is Cc1cccc(N2C(=O)/C(=C/c3ccc(N4CCOCC4)s3)c3ccccc3C2=O)c1. The molecule has 2 aliphatic rings. The Morgan fingerprint density at radius 3 is 2.45 bits per heavy atom. The lowest BCUT2D eigenvalue weighted by atomic mass is 9.92. The first kappa shape index (κ1) is 19.7. The van der Waals surface area contributed by atoms with E-state index < -0.39 is 0 Å². The summed E-state index contributed by atoms with van der Waals surface area (Å²) in [5, 5.41) is 1.17. The van der Waals surface area contributed by atoms with Crippen molar-refractivity contribution < 1.29 is 14.3 Å². The predicted octanol–water partition coefficient (Wildman–Crippen LogP) is 4.62. The molecule has 1 aromatic heterocycles. The molecular weight excluding hydrogens is 408 g/mol. The highest BCUT2D eigenvalue weighted by Crippen LogP contribution is 2.36. The van der Waals surface area contributed by atoms with Crippen LogP contribution < -0.4 is 9.80 Å².